The summed E-state index contributed by atoms with van der Waals surface area (Å²) in [6.45, 7) is 3.02. The van der Waals surface area contributed by atoms with Gasteiger partial charge >= 0.3 is 0 Å². The summed E-state index contributed by atoms with van der Waals surface area (Å²) in [5.74, 6) is -0.0788. The number of carbonyl (C=O) groups excluding carboxylic acids is 2. The topological polar surface area (TPSA) is 67.9 Å². The van der Waals surface area contributed by atoms with Gasteiger partial charge in [-0.05, 0) is 6.42 Å². The summed E-state index contributed by atoms with van der Waals surface area (Å²) >= 11 is 0. The smallest absolute Gasteiger partial charge is 0.241 e. The lowest BCUT2D eigenvalue weighted by molar-refractivity contribution is -0.130. The van der Waals surface area contributed by atoms with Crippen molar-refractivity contribution in [3.05, 3.63) is 0 Å². The van der Waals surface area contributed by atoms with Crippen LogP contribution in [0, 0.1) is 0 Å². The second-order valence-corrected chi connectivity index (χ2v) is 3.87. The van der Waals surface area contributed by atoms with E-state index in [-0.39, 0.29) is 18.4 Å². The van der Waals surface area contributed by atoms with E-state index in [1.807, 2.05) is 0 Å². The number of nitrogens with zero attached hydrogens (tertiary/aromatic N) is 1. The van der Waals surface area contributed by atoms with Gasteiger partial charge in [-0.25, -0.2) is 0 Å². The van der Waals surface area contributed by atoms with E-state index in [9.17, 15) is 9.59 Å². The molecule has 0 aromatic carbocycles. The standard InChI is InChI=1S/C11H20N2O4/c1-16-7-8-17-6-2-4-13-5-3-10(14)12-9-11(13)15/h2-9H2,1H3,(H,12,14). The van der Waals surface area contributed by atoms with Crippen molar-refractivity contribution in [2.24, 2.45) is 0 Å². The molecule has 17 heavy (non-hydrogen) atoms. The van der Waals surface area contributed by atoms with Gasteiger partial charge in [-0.2, -0.15) is 0 Å². The summed E-state index contributed by atoms with van der Waals surface area (Å²) in [4.78, 5) is 24.4. The molecule has 98 valence electrons. The number of ether oxygens (including phenoxy) is 2. The van der Waals surface area contributed by atoms with Crippen LogP contribution in [0.5, 0.6) is 0 Å². The molecule has 1 N–H and O–H groups in total. The Labute approximate surface area is 101 Å². The Bertz CT molecular complexity index is 258. The lowest BCUT2D eigenvalue weighted by Crippen LogP contribution is -2.36. The van der Waals surface area contributed by atoms with E-state index < -0.39 is 0 Å². The molecular weight excluding hydrogens is 224 g/mol. The third-order valence-electron chi connectivity index (χ3n) is 2.55. The summed E-state index contributed by atoms with van der Waals surface area (Å²) < 4.78 is 10.2. The Hall–Kier alpha value is -1.14. The van der Waals surface area contributed by atoms with Crippen LogP contribution in [0.1, 0.15) is 12.8 Å². The molecule has 6 nitrogen and oxygen atoms in total. The number of rotatable bonds is 7. The van der Waals surface area contributed by atoms with Gasteiger partial charge < -0.3 is 19.7 Å². The first-order valence-corrected chi connectivity index (χ1v) is 5.85. The van der Waals surface area contributed by atoms with Crippen molar-refractivity contribution in [1.82, 2.24) is 10.2 Å². The Kier molecular flexibility index (Phi) is 6.57. The van der Waals surface area contributed by atoms with Crippen molar-refractivity contribution in [3.63, 3.8) is 0 Å². The maximum atomic E-state index is 11.6. The van der Waals surface area contributed by atoms with Crippen molar-refractivity contribution in [2.45, 2.75) is 12.8 Å². The van der Waals surface area contributed by atoms with Gasteiger partial charge in [-0.3, -0.25) is 9.59 Å². The number of hydrogen-bond donors (Lipinski definition) is 1. The molecule has 0 aromatic rings. The van der Waals surface area contributed by atoms with Gasteiger partial charge in [0, 0.05) is 33.2 Å². The summed E-state index contributed by atoms with van der Waals surface area (Å²) in [5.41, 5.74) is 0. The molecule has 0 radical (unpaired) electrons. The normalized spacial score (nSPS) is 16.9. The summed E-state index contributed by atoms with van der Waals surface area (Å²) in [5, 5.41) is 2.56. The van der Waals surface area contributed by atoms with E-state index in [2.05, 4.69) is 5.32 Å². The van der Waals surface area contributed by atoms with Crippen LogP contribution in [-0.4, -0.2) is 63.3 Å². The fourth-order valence-electron chi connectivity index (χ4n) is 1.57. The van der Waals surface area contributed by atoms with Gasteiger partial charge in [0.15, 0.2) is 0 Å². The first-order valence-electron chi connectivity index (χ1n) is 5.85. The molecule has 1 aliphatic rings. The fraction of sp³-hybridized carbons (Fsp3) is 0.818. The molecule has 0 atom stereocenters. The molecular formula is C11H20N2O4. The molecule has 1 aliphatic heterocycles. The number of methoxy groups -OCH3 is 1. The van der Waals surface area contributed by atoms with Gasteiger partial charge in [0.2, 0.25) is 11.8 Å². The van der Waals surface area contributed by atoms with Crippen LogP contribution < -0.4 is 5.32 Å². The molecule has 6 heteroatoms. The molecule has 1 rings (SSSR count). The Morgan fingerprint density at radius 3 is 2.88 bits per heavy atom. The molecule has 1 fully saturated rings. The van der Waals surface area contributed by atoms with E-state index >= 15 is 0 Å². The van der Waals surface area contributed by atoms with Crippen molar-refractivity contribution in [3.8, 4) is 0 Å². The molecule has 1 heterocycles. The monoisotopic (exact) mass is 244 g/mol. The second kappa shape index (κ2) is 8.03. The molecule has 1 saturated heterocycles. The van der Waals surface area contributed by atoms with Gasteiger partial charge in [0.25, 0.3) is 0 Å². The van der Waals surface area contributed by atoms with Crippen LogP contribution in [0.4, 0.5) is 0 Å². The van der Waals surface area contributed by atoms with Crippen molar-refractivity contribution < 1.29 is 19.1 Å². The van der Waals surface area contributed by atoms with Crippen molar-refractivity contribution in [1.29, 1.82) is 0 Å². The molecule has 2 amide bonds. The summed E-state index contributed by atoms with van der Waals surface area (Å²) in [7, 11) is 1.63. The van der Waals surface area contributed by atoms with Crippen LogP contribution in [0.3, 0.4) is 0 Å². The number of carbonyl (C=O) groups is 2. The highest BCUT2D eigenvalue weighted by molar-refractivity contribution is 5.87. The maximum absolute atomic E-state index is 11.6. The van der Waals surface area contributed by atoms with Crippen LogP contribution in [0.25, 0.3) is 0 Å². The first kappa shape index (κ1) is 13.9. The minimum atomic E-state index is -0.0582. The summed E-state index contributed by atoms with van der Waals surface area (Å²) in [6.07, 6.45) is 1.17. The van der Waals surface area contributed by atoms with E-state index in [4.69, 9.17) is 9.47 Å². The molecule has 0 aromatic heterocycles. The average molecular weight is 244 g/mol. The number of hydrogen-bond acceptors (Lipinski definition) is 4. The lowest BCUT2D eigenvalue weighted by atomic mass is 10.3. The van der Waals surface area contributed by atoms with Gasteiger partial charge in [-0.15, -0.1) is 0 Å². The molecule has 0 bridgehead atoms. The zero-order chi connectivity index (χ0) is 12.5. The van der Waals surface area contributed by atoms with E-state index in [0.29, 0.717) is 39.3 Å². The molecule has 0 spiro atoms. The maximum Gasteiger partial charge on any atom is 0.241 e. The first-order chi connectivity index (χ1) is 8.24. The third-order valence-corrected chi connectivity index (χ3v) is 2.55. The van der Waals surface area contributed by atoms with Crippen LogP contribution in [0.15, 0.2) is 0 Å². The molecule has 0 saturated carbocycles. The summed E-state index contributed by atoms with van der Waals surface area (Å²) in [6, 6.07) is 0. The zero-order valence-corrected chi connectivity index (χ0v) is 10.2. The van der Waals surface area contributed by atoms with Crippen molar-refractivity contribution >= 4 is 11.8 Å². The van der Waals surface area contributed by atoms with E-state index in [0.717, 1.165) is 6.42 Å². The van der Waals surface area contributed by atoms with Crippen LogP contribution >= 0.6 is 0 Å². The Balaban J connectivity index is 2.12. The predicted molar refractivity (Wildman–Crippen MR) is 61.5 cm³/mol. The van der Waals surface area contributed by atoms with Gasteiger partial charge in [-0.1, -0.05) is 0 Å². The Morgan fingerprint density at radius 1 is 1.29 bits per heavy atom. The quantitative estimate of drug-likeness (QED) is 0.607. The molecule has 0 unspecified atom stereocenters. The van der Waals surface area contributed by atoms with Crippen LogP contribution in [-0.2, 0) is 19.1 Å². The SMILES string of the molecule is COCCOCCCN1CCC(=O)NCC1=O. The third kappa shape index (κ3) is 5.65. The van der Waals surface area contributed by atoms with E-state index in [1.54, 1.807) is 12.0 Å². The zero-order valence-electron chi connectivity index (χ0n) is 10.2. The lowest BCUT2D eigenvalue weighted by Gasteiger charge is -2.19. The largest absolute Gasteiger partial charge is 0.382 e. The highest BCUT2D eigenvalue weighted by Crippen LogP contribution is 1.99. The minimum Gasteiger partial charge on any atom is -0.382 e. The predicted octanol–water partition coefficient (Wildman–Crippen LogP) is -0.612. The van der Waals surface area contributed by atoms with E-state index in [1.165, 1.54) is 0 Å². The van der Waals surface area contributed by atoms with Gasteiger partial charge in [0.1, 0.15) is 0 Å². The van der Waals surface area contributed by atoms with Gasteiger partial charge in [0.05, 0.1) is 19.8 Å². The minimum absolute atomic E-state index is 0.0206. The number of amides is 2. The fourth-order valence-corrected chi connectivity index (χ4v) is 1.57. The van der Waals surface area contributed by atoms with Crippen LogP contribution in [0.2, 0.25) is 0 Å². The molecule has 0 aliphatic carbocycles. The highest BCUT2D eigenvalue weighted by atomic mass is 16.5. The second-order valence-electron chi connectivity index (χ2n) is 3.87. The average Bonchev–Trinajstić information content (AvgIpc) is 2.48. The highest BCUT2D eigenvalue weighted by Gasteiger charge is 2.19. The Morgan fingerprint density at radius 2 is 2.12 bits per heavy atom. The number of nitrogens with one attached hydrogen (secondary N) is 1. The van der Waals surface area contributed by atoms with Crippen molar-refractivity contribution in [2.75, 3.05) is 46.6 Å².